The number of guanidine groups is 1. The summed E-state index contributed by atoms with van der Waals surface area (Å²) in [5.41, 5.74) is 0. The van der Waals surface area contributed by atoms with E-state index >= 15 is 0 Å². The van der Waals surface area contributed by atoms with Crippen LogP contribution in [0.4, 0.5) is 0 Å². The van der Waals surface area contributed by atoms with E-state index < -0.39 is 0 Å². The molecule has 0 saturated carbocycles. The van der Waals surface area contributed by atoms with Gasteiger partial charge in [-0.1, -0.05) is 6.08 Å². The number of nitrogens with zero attached hydrogens (tertiary/aromatic N) is 5. The zero-order chi connectivity index (χ0) is 16.7. The highest BCUT2D eigenvalue weighted by atomic mass is 127. The molecule has 1 fully saturated rings. The molecule has 0 radical (unpaired) electrons. The first-order valence-electron chi connectivity index (χ1n) is 8.26. The average Bonchev–Trinajstić information content (AvgIpc) is 2.88. The third-order valence-corrected chi connectivity index (χ3v) is 4.10. The van der Waals surface area contributed by atoms with Crippen LogP contribution in [-0.2, 0) is 18.3 Å². The first-order valence-corrected chi connectivity index (χ1v) is 8.26. The topological polar surface area (TPSA) is 67.6 Å². The van der Waals surface area contributed by atoms with Crippen LogP contribution in [0.15, 0.2) is 17.6 Å². The van der Waals surface area contributed by atoms with E-state index in [1.165, 1.54) is 0 Å². The number of aryl methyl sites for hydroxylation is 1. The number of nitrogens with one attached hydrogen (secondary N) is 1. The zero-order valence-corrected chi connectivity index (χ0v) is 17.2. The van der Waals surface area contributed by atoms with Crippen molar-refractivity contribution in [2.45, 2.75) is 39.3 Å². The van der Waals surface area contributed by atoms with Crippen molar-refractivity contribution < 1.29 is 4.74 Å². The van der Waals surface area contributed by atoms with E-state index in [0.717, 1.165) is 50.1 Å². The number of hydrogen-bond acceptors (Lipinski definition) is 4. The van der Waals surface area contributed by atoms with Gasteiger partial charge in [-0.3, -0.25) is 0 Å². The first kappa shape index (κ1) is 20.9. The number of aromatic nitrogens is 3. The smallest absolute Gasteiger partial charge is 0.194 e. The van der Waals surface area contributed by atoms with Crippen molar-refractivity contribution in [2.24, 2.45) is 12.0 Å². The lowest BCUT2D eigenvalue weighted by molar-refractivity contribution is 0.0264. The van der Waals surface area contributed by atoms with Crippen molar-refractivity contribution in [1.82, 2.24) is 25.0 Å². The quantitative estimate of drug-likeness (QED) is 0.312. The van der Waals surface area contributed by atoms with Gasteiger partial charge in [0.2, 0.25) is 0 Å². The van der Waals surface area contributed by atoms with Gasteiger partial charge in [-0.2, -0.15) is 0 Å². The maximum atomic E-state index is 5.72. The van der Waals surface area contributed by atoms with Gasteiger partial charge in [0.15, 0.2) is 11.8 Å². The zero-order valence-electron chi connectivity index (χ0n) is 14.9. The van der Waals surface area contributed by atoms with Crippen LogP contribution in [0, 0.1) is 6.92 Å². The summed E-state index contributed by atoms with van der Waals surface area (Å²) in [6, 6.07) is 0. The maximum Gasteiger partial charge on any atom is 0.194 e. The fourth-order valence-electron chi connectivity index (χ4n) is 2.64. The minimum Gasteiger partial charge on any atom is -0.378 e. The Morgan fingerprint density at radius 3 is 2.67 bits per heavy atom. The summed E-state index contributed by atoms with van der Waals surface area (Å²) in [5, 5.41) is 11.6. The van der Waals surface area contributed by atoms with Gasteiger partial charge in [-0.15, -0.1) is 40.8 Å². The molecule has 2 rings (SSSR count). The molecule has 1 aromatic rings. The Bertz CT molecular complexity index is 537. The summed E-state index contributed by atoms with van der Waals surface area (Å²) in [7, 11) is 1.96. The van der Waals surface area contributed by atoms with Crippen molar-refractivity contribution in [3.05, 3.63) is 24.3 Å². The van der Waals surface area contributed by atoms with Gasteiger partial charge in [0.1, 0.15) is 12.4 Å². The number of halogens is 1. The van der Waals surface area contributed by atoms with Crippen LogP contribution in [-0.4, -0.2) is 58.0 Å². The third kappa shape index (κ3) is 5.73. The van der Waals surface area contributed by atoms with Gasteiger partial charge >= 0.3 is 0 Å². The molecule has 0 unspecified atom stereocenters. The number of likely N-dealkylation sites (tertiary alicyclic amines) is 1. The van der Waals surface area contributed by atoms with Gasteiger partial charge < -0.3 is 19.5 Å². The van der Waals surface area contributed by atoms with Gasteiger partial charge in [0, 0.05) is 33.3 Å². The van der Waals surface area contributed by atoms with Crippen LogP contribution in [0.25, 0.3) is 0 Å². The predicted molar refractivity (Wildman–Crippen MR) is 107 cm³/mol. The highest BCUT2D eigenvalue weighted by Crippen LogP contribution is 2.14. The van der Waals surface area contributed by atoms with Gasteiger partial charge in [0.25, 0.3) is 0 Å². The van der Waals surface area contributed by atoms with E-state index in [4.69, 9.17) is 9.73 Å². The molecule has 0 atom stereocenters. The van der Waals surface area contributed by atoms with Crippen molar-refractivity contribution in [3.63, 3.8) is 0 Å². The minimum atomic E-state index is 0. The van der Waals surface area contributed by atoms with E-state index in [1.807, 2.05) is 31.5 Å². The van der Waals surface area contributed by atoms with E-state index in [9.17, 15) is 0 Å². The molecule has 1 aliphatic heterocycles. The SMILES string of the molecule is C=CCNC(=NCc1nnc(C)n1C)N1CCC(OCC)CC1.I. The molecule has 7 nitrogen and oxygen atoms in total. The van der Waals surface area contributed by atoms with Crippen molar-refractivity contribution >= 4 is 29.9 Å². The van der Waals surface area contributed by atoms with E-state index in [2.05, 4.69) is 27.0 Å². The van der Waals surface area contributed by atoms with E-state index in [-0.39, 0.29) is 24.0 Å². The summed E-state index contributed by atoms with van der Waals surface area (Å²) >= 11 is 0. The lowest BCUT2D eigenvalue weighted by Gasteiger charge is -2.34. The Morgan fingerprint density at radius 2 is 2.12 bits per heavy atom. The monoisotopic (exact) mass is 448 g/mol. The van der Waals surface area contributed by atoms with Crippen LogP contribution in [0.2, 0.25) is 0 Å². The number of piperidine rings is 1. The van der Waals surface area contributed by atoms with Crippen LogP contribution in [0.5, 0.6) is 0 Å². The molecule has 1 saturated heterocycles. The summed E-state index contributed by atoms with van der Waals surface area (Å²) in [4.78, 5) is 7.00. The van der Waals surface area contributed by atoms with Crippen LogP contribution in [0.1, 0.15) is 31.4 Å². The molecule has 1 N–H and O–H groups in total. The number of ether oxygens (including phenoxy) is 1. The van der Waals surface area contributed by atoms with Gasteiger partial charge in [-0.05, 0) is 26.7 Å². The molecule has 8 heteroatoms. The molecule has 136 valence electrons. The molecule has 0 bridgehead atoms. The van der Waals surface area contributed by atoms with Gasteiger partial charge in [-0.25, -0.2) is 4.99 Å². The Kier molecular flexibility index (Phi) is 9.27. The van der Waals surface area contributed by atoms with Crippen molar-refractivity contribution in [3.8, 4) is 0 Å². The third-order valence-electron chi connectivity index (χ3n) is 4.10. The largest absolute Gasteiger partial charge is 0.378 e. The molecule has 2 heterocycles. The Balaban J connectivity index is 0.00000288. The number of hydrogen-bond donors (Lipinski definition) is 1. The maximum absolute atomic E-state index is 5.72. The van der Waals surface area contributed by atoms with Crippen LogP contribution >= 0.6 is 24.0 Å². The average molecular weight is 448 g/mol. The van der Waals surface area contributed by atoms with Gasteiger partial charge in [0.05, 0.1) is 6.10 Å². The lowest BCUT2D eigenvalue weighted by atomic mass is 10.1. The number of aliphatic imine (C=N–C) groups is 1. The van der Waals surface area contributed by atoms with Crippen molar-refractivity contribution in [1.29, 1.82) is 0 Å². The van der Waals surface area contributed by atoms with Crippen LogP contribution in [0.3, 0.4) is 0 Å². The second-order valence-corrected chi connectivity index (χ2v) is 5.67. The molecular weight excluding hydrogens is 419 g/mol. The minimum absolute atomic E-state index is 0. The second kappa shape index (κ2) is 10.7. The van der Waals surface area contributed by atoms with Crippen molar-refractivity contribution in [2.75, 3.05) is 26.2 Å². The molecule has 24 heavy (non-hydrogen) atoms. The highest BCUT2D eigenvalue weighted by molar-refractivity contribution is 14.0. The Hall–Kier alpha value is -1.16. The fraction of sp³-hybridized carbons (Fsp3) is 0.688. The molecule has 0 amide bonds. The standard InChI is InChI=1S/C16H28N6O.HI/c1-5-9-17-16(18-12-15-20-19-13(3)21(15)4)22-10-7-14(8-11-22)23-6-2;/h5,14H,1,6-12H2,2-4H3,(H,17,18);1H. The van der Waals surface area contributed by atoms with E-state index in [1.54, 1.807) is 0 Å². The summed E-state index contributed by atoms with van der Waals surface area (Å²) in [5.74, 6) is 2.67. The number of rotatable bonds is 6. The molecule has 0 spiro atoms. The van der Waals surface area contributed by atoms with Crippen LogP contribution < -0.4 is 5.32 Å². The Morgan fingerprint density at radius 1 is 1.42 bits per heavy atom. The lowest BCUT2D eigenvalue weighted by Crippen LogP contribution is -2.47. The Labute approximate surface area is 161 Å². The molecular formula is C16H29IN6O. The highest BCUT2D eigenvalue weighted by Gasteiger charge is 2.21. The molecule has 1 aliphatic rings. The summed E-state index contributed by atoms with van der Waals surface area (Å²) < 4.78 is 7.68. The van der Waals surface area contributed by atoms with E-state index in [0.29, 0.717) is 19.2 Å². The predicted octanol–water partition coefficient (Wildman–Crippen LogP) is 1.87. The summed E-state index contributed by atoms with van der Waals surface area (Å²) in [6.07, 6.45) is 4.28. The summed E-state index contributed by atoms with van der Waals surface area (Å²) in [6.45, 7) is 11.7. The second-order valence-electron chi connectivity index (χ2n) is 5.67. The molecule has 0 aliphatic carbocycles. The fourth-order valence-corrected chi connectivity index (χ4v) is 2.64. The molecule has 0 aromatic carbocycles. The normalized spacial score (nSPS) is 16.0. The first-order chi connectivity index (χ1) is 11.2. The molecule has 1 aromatic heterocycles.